The Bertz CT molecular complexity index is 474. The SMILES string of the molecule is CN(C)c1nc2ccccc2p1N(C)C. The van der Waals surface area contributed by atoms with E-state index in [1.54, 1.807) is 0 Å². The van der Waals surface area contributed by atoms with Gasteiger partial charge in [0.05, 0.1) is 5.52 Å². The van der Waals surface area contributed by atoms with Gasteiger partial charge in [0.2, 0.25) is 0 Å². The summed E-state index contributed by atoms with van der Waals surface area (Å²) in [6, 6.07) is 8.40. The Morgan fingerprint density at radius 3 is 2.33 bits per heavy atom. The molecule has 2 aromatic rings. The normalized spacial score (nSPS) is 12.5. The minimum Gasteiger partial charge on any atom is -0.358 e. The molecule has 0 spiro atoms. The molecule has 0 aliphatic carbocycles. The number of para-hydroxylation sites is 1. The highest BCUT2D eigenvalue weighted by molar-refractivity contribution is 7.60. The van der Waals surface area contributed by atoms with E-state index in [-0.39, 0.29) is 0 Å². The van der Waals surface area contributed by atoms with Gasteiger partial charge < -0.3 is 4.90 Å². The van der Waals surface area contributed by atoms with E-state index in [0.717, 1.165) is 5.52 Å². The predicted octanol–water partition coefficient (Wildman–Crippen LogP) is 2.49. The maximum absolute atomic E-state index is 4.68. The topological polar surface area (TPSA) is 19.4 Å². The first-order valence-electron chi connectivity index (χ1n) is 4.93. The second-order valence-electron chi connectivity index (χ2n) is 3.95. The van der Waals surface area contributed by atoms with Crippen LogP contribution in [0, 0.1) is 0 Å². The lowest BCUT2D eigenvalue weighted by molar-refractivity contribution is 1.11. The van der Waals surface area contributed by atoms with Crippen LogP contribution in [-0.2, 0) is 0 Å². The van der Waals surface area contributed by atoms with Crippen LogP contribution in [0.3, 0.4) is 0 Å². The highest BCUT2D eigenvalue weighted by Crippen LogP contribution is 2.46. The van der Waals surface area contributed by atoms with Gasteiger partial charge in [-0.25, -0.2) is 4.98 Å². The highest BCUT2D eigenvalue weighted by atomic mass is 31.1. The zero-order chi connectivity index (χ0) is 11.0. The van der Waals surface area contributed by atoms with E-state index in [2.05, 4.69) is 60.9 Å². The average molecular weight is 221 g/mol. The first-order chi connectivity index (χ1) is 7.11. The molecule has 0 amide bonds. The Kier molecular flexibility index (Phi) is 2.68. The van der Waals surface area contributed by atoms with Crippen molar-refractivity contribution in [1.29, 1.82) is 0 Å². The molecular weight excluding hydrogens is 205 g/mol. The predicted molar refractivity (Wildman–Crippen MR) is 68.8 cm³/mol. The molecular formula is C11H16N3P. The highest BCUT2D eigenvalue weighted by Gasteiger charge is 2.14. The summed E-state index contributed by atoms with van der Waals surface area (Å²) < 4.78 is 2.26. The van der Waals surface area contributed by atoms with Crippen molar-refractivity contribution >= 4 is 23.9 Å². The van der Waals surface area contributed by atoms with Gasteiger partial charge in [-0.05, 0) is 26.2 Å². The molecule has 2 rings (SSSR count). The van der Waals surface area contributed by atoms with E-state index in [1.807, 2.05) is 6.07 Å². The monoisotopic (exact) mass is 221 g/mol. The van der Waals surface area contributed by atoms with Gasteiger partial charge in [-0.3, -0.25) is 4.67 Å². The summed E-state index contributed by atoms with van der Waals surface area (Å²) in [5, 5.41) is 1.36. The van der Waals surface area contributed by atoms with Crippen molar-refractivity contribution < 1.29 is 0 Å². The fourth-order valence-corrected chi connectivity index (χ4v) is 3.84. The van der Waals surface area contributed by atoms with E-state index in [9.17, 15) is 0 Å². The zero-order valence-corrected chi connectivity index (χ0v) is 10.5. The molecule has 1 atom stereocenters. The number of rotatable bonds is 2. The van der Waals surface area contributed by atoms with Crippen LogP contribution >= 0.6 is 7.68 Å². The van der Waals surface area contributed by atoms with Gasteiger partial charge in [0.1, 0.15) is 0 Å². The number of hydrogen-bond acceptors (Lipinski definition) is 3. The van der Waals surface area contributed by atoms with Crippen LogP contribution in [0.1, 0.15) is 0 Å². The Balaban J connectivity index is 2.75. The molecule has 80 valence electrons. The number of nitrogens with zero attached hydrogens (tertiary/aromatic N) is 3. The number of anilines is 1. The van der Waals surface area contributed by atoms with E-state index < -0.39 is 7.68 Å². The third-order valence-corrected chi connectivity index (χ3v) is 4.83. The van der Waals surface area contributed by atoms with Crippen LogP contribution < -0.4 is 9.57 Å². The van der Waals surface area contributed by atoms with Crippen LogP contribution in [0.25, 0.3) is 10.6 Å². The lowest BCUT2D eigenvalue weighted by atomic mass is 10.3. The lowest BCUT2D eigenvalue weighted by Crippen LogP contribution is -2.12. The minimum atomic E-state index is -0.414. The number of hydrogen-bond donors (Lipinski definition) is 0. The van der Waals surface area contributed by atoms with Crippen molar-refractivity contribution in [1.82, 2.24) is 4.98 Å². The zero-order valence-electron chi connectivity index (χ0n) is 9.60. The van der Waals surface area contributed by atoms with Crippen molar-refractivity contribution in [2.45, 2.75) is 0 Å². The summed E-state index contributed by atoms with van der Waals surface area (Å²) in [4.78, 5) is 6.80. The maximum Gasteiger partial charge on any atom is 0.163 e. The molecule has 0 aliphatic rings. The largest absolute Gasteiger partial charge is 0.358 e. The smallest absolute Gasteiger partial charge is 0.163 e. The van der Waals surface area contributed by atoms with E-state index in [1.165, 1.54) is 10.7 Å². The van der Waals surface area contributed by atoms with Gasteiger partial charge in [0, 0.05) is 26.9 Å². The van der Waals surface area contributed by atoms with Gasteiger partial charge in [0.15, 0.2) is 5.55 Å². The fourth-order valence-electron chi connectivity index (χ4n) is 1.68. The summed E-state index contributed by atoms with van der Waals surface area (Å²) in [5.74, 6) is 0. The molecule has 0 radical (unpaired) electrons. The minimum absolute atomic E-state index is 0.414. The Labute approximate surface area is 91.4 Å². The maximum atomic E-state index is 4.68. The Morgan fingerprint density at radius 1 is 1.07 bits per heavy atom. The Morgan fingerprint density at radius 2 is 1.73 bits per heavy atom. The van der Waals surface area contributed by atoms with Crippen molar-refractivity contribution in [2.24, 2.45) is 0 Å². The van der Waals surface area contributed by atoms with Crippen molar-refractivity contribution in [3.05, 3.63) is 24.3 Å². The van der Waals surface area contributed by atoms with Crippen LogP contribution in [0.4, 0.5) is 5.55 Å². The molecule has 1 aromatic carbocycles. The summed E-state index contributed by atoms with van der Waals surface area (Å²) in [7, 11) is 7.94. The molecule has 0 bridgehead atoms. The molecule has 1 unspecified atom stereocenters. The molecule has 0 fully saturated rings. The van der Waals surface area contributed by atoms with Crippen molar-refractivity contribution in [3.63, 3.8) is 0 Å². The van der Waals surface area contributed by atoms with Gasteiger partial charge in [-0.15, -0.1) is 0 Å². The average Bonchev–Trinajstić information content (AvgIpc) is 2.56. The molecule has 4 heteroatoms. The summed E-state index contributed by atoms with van der Waals surface area (Å²) in [6.45, 7) is 0. The molecule has 0 aliphatic heterocycles. The molecule has 1 aromatic heterocycles. The molecule has 1 heterocycles. The van der Waals surface area contributed by atoms with Crippen LogP contribution in [-0.4, -0.2) is 33.2 Å². The van der Waals surface area contributed by atoms with Crippen LogP contribution in [0.2, 0.25) is 0 Å². The Hall–Kier alpha value is -1.05. The molecule has 0 saturated carbocycles. The molecule has 0 saturated heterocycles. The van der Waals surface area contributed by atoms with Gasteiger partial charge in [-0.2, -0.15) is 0 Å². The third-order valence-electron chi connectivity index (χ3n) is 2.32. The van der Waals surface area contributed by atoms with Crippen LogP contribution in [0.15, 0.2) is 24.3 Å². The molecule has 15 heavy (non-hydrogen) atoms. The van der Waals surface area contributed by atoms with Crippen molar-refractivity contribution in [3.8, 4) is 0 Å². The number of fused-ring (bicyclic) bond motifs is 1. The first kappa shape index (κ1) is 10.5. The quantitative estimate of drug-likeness (QED) is 0.776. The third kappa shape index (κ3) is 1.73. The standard InChI is InChI=1S/C11H16N3P/c1-13(2)11-12-9-7-5-6-8-10(9)15(11)14(3)4/h5-8H,1-4H3. The number of aromatic nitrogens is 1. The fraction of sp³-hybridized carbons (Fsp3) is 0.364. The van der Waals surface area contributed by atoms with Gasteiger partial charge in [0.25, 0.3) is 0 Å². The van der Waals surface area contributed by atoms with E-state index in [0.29, 0.717) is 0 Å². The second kappa shape index (κ2) is 3.84. The lowest BCUT2D eigenvalue weighted by Gasteiger charge is -2.17. The van der Waals surface area contributed by atoms with Crippen LogP contribution in [0.5, 0.6) is 0 Å². The number of benzene rings is 1. The molecule has 0 N–H and O–H groups in total. The van der Waals surface area contributed by atoms with E-state index >= 15 is 0 Å². The summed E-state index contributed by atoms with van der Waals surface area (Å²) in [5.41, 5.74) is 2.30. The first-order valence-corrected chi connectivity index (χ1v) is 6.23. The summed E-state index contributed by atoms with van der Waals surface area (Å²) in [6.07, 6.45) is 0. The van der Waals surface area contributed by atoms with Gasteiger partial charge >= 0.3 is 0 Å². The summed E-state index contributed by atoms with van der Waals surface area (Å²) >= 11 is 0. The van der Waals surface area contributed by atoms with E-state index in [4.69, 9.17) is 0 Å². The van der Waals surface area contributed by atoms with Gasteiger partial charge in [-0.1, -0.05) is 12.1 Å². The molecule has 3 nitrogen and oxygen atoms in total. The van der Waals surface area contributed by atoms with Crippen molar-refractivity contribution in [2.75, 3.05) is 37.8 Å². The second-order valence-corrected chi connectivity index (χ2v) is 6.26.